The first kappa shape index (κ1) is 13.0. The molecule has 0 aliphatic rings. The Kier molecular flexibility index (Phi) is 3.17. The van der Waals surface area contributed by atoms with Crippen molar-refractivity contribution in [2.75, 3.05) is 0 Å². The average molecular weight is 286 g/mol. The molecule has 0 atom stereocenters. The molecule has 7 nitrogen and oxygen atoms in total. The lowest BCUT2D eigenvalue weighted by Gasteiger charge is -2.04. The Labute approximate surface area is 109 Å². The standard InChI is InChI=1S/C10H5ClFN3O4/c11-8-7(12)9(16)14(10(17)13-8)5-2-1-3-6(4-5)15(18)19/h1-4H,(H,13,17). The van der Waals surface area contributed by atoms with Crippen LogP contribution in [0.4, 0.5) is 10.1 Å². The number of nitro groups is 1. The number of nitrogens with one attached hydrogen (secondary N) is 1. The zero-order chi connectivity index (χ0) is 14.2. The van der Waals surface area contributed by atoms with Crippen molar-refractivity contribution in [1.29, 1.82) is 0 Å². The largest absolute Gasteiger partial charge is 0.334 e. The highest BCUT2D eigenvalue weighted by molar-refractivity contribution is 6.29. The molecular weight excluding hydrogens is 281 g/mol. The van der Waals surface area contributed by atoms with Crippen molar-refractivity contribution in [2.24, 2.45) is 0 Å². The van der Waals surface area contributed by atoms with Gasteiger partial charge in [-0.2, -0.15) is 4.39 Å². The second-order valence-corrected chi connectivity index (χ2v) is 3.85. The van der Waals surface area contributed by atoms with Crippen LogP contribution in [0.1, 0.15) is 0 Å². The third-order valence-electron chi connectivity index (χ3n) is 2.30. The lowest BCUT2D eigenvalue weighted by molar-refractivity contribution is -0.384. The molecule has 0 aliphatic heterocycles. The molecule has 0 unspecified atom stereocenters. The van der Waals surface area contributed by atoms with Gasteiger partial charge in [-0.05, 0) is 6.07 Å². The number of non-ortho nitro benzene ring substituents is 1. The fourth-order valence-corrected chi connectivity index (χ4v) is 1.63. The number of hydrogen-bond donors (Lipinski definition) is 1. The molecule has 1 aromatic heterocycles. The van der Waals surface area contributed by atoms with Crippen LogP contribution < -0.4 is 11.2 Å². The fourth-order valence-electron chi connectivity index (χ4n) is 1.47. The molecule has 1 heterocycles. The Hall–Kier alpha value is -2.48. The van der Waals surface area contributed by atoms with Gasteiger partial charge in [-0.25, -0.2) is 9.36 Å². The molecule has 1 aromatic carbocycles. The minimum Gasteiger partial charge on any atom is -0.295 e. The van der Waals surface area contributed by atoms with E-state index in [2.05, 4.69) is 0 Å². The first-order valence-electron chi connectivity index (χ1n) is 4.87. The number of H-pyrrole nitrogens is 1. The maximum atomic E-state index is 13.3. The molecule has 2 aromatic rings. The summed E-state index contributed by atoms with van der Waals surface area (Å²) in [5, 5.41) is 9.90. The van der Waals surface area contributed by atoms with Crippen molar-refractivity contribution in [3.8, 4) is 5.69 Å². The van der Waals surface area contributed by atoms with E-state index in [1.54, 1.807) is 0 Å². The van der Waals surface area contributed by atoms with Crippen LogP contribution in [0.2, 0.25) is 5.15 Å². The number of benzene rings is 1. The van der Waals surface area contributed by atoms with Crippen LogP contribution in [0.5, 0.6) is 0 Å². The van der Waals surface area contributed by atoms with E-state index in [1.807, 2.05) is 4.98 Å². The van der Waals surface area contributed by atoms with E-state index in [1.165, 1.54) is 18.2 Å². The van der Waals surface area contributed by atoms with Crippen LogP contribution in [0, 0.1) is 15.9 Å². The fraction of sp³-hybridized carbons (Fsp3) is 0. The number of rotatable bonds is 2. The van der Waals surface area contributed by atoms with Gasteiger partial charge in [-0.15, -0.1) is 0 Å². The molecule has 0 radical (unpaired) electrons. The van der Waals surface area contributed by atoms with Gasteiger partial charge in [0.15, 0.2) is 5.15 Å². The summed E-state index contributed by atoms with van der Waals surface area (Å²) in [5.74, 6) is -1.34. The first-order chi connectivity index (χ1) is 8.91. The molecule has 9 heteroatoms. The number of nitrogens with zero attached hydrogens (tertiary/aromatic N) is 2. The third-order valence-corrected chi connectivity index (χ3v) is 2.56. The van der Waals surface area contributed by atoms with Gasteiger partial charge < -0.3 is 0 Å². The number of halogens is 2. The maximum absolute atomic E-state index is 13.3. The van der Waals surface area contributed by atoms with Crippen LogP contribution in [-0.2, 0) is 0 Å². The number of hydrogen-bond acceptors (Lipinski definition) is 4. The predicted octanol–water partition coefficient (Wildman–Crippen LogP) is 1.23. The molecule has 19 heavy (non-hydrogen) atoms. The highest BCUT2D eigenvalue weighted by Gasteiger charge is 2.15. The van der Waals surface area contributed by atoms with E-state index in [0.717, 1.165) is 6.07 Å². The van der Waals surface area contributed by atoms with Gasteiger partial charge in [-0.3, -0.25) is 19.9 Å². The minimum atomic E-state index is -1.34. The minimum absolute atomic E-state index is 0.129. The van der Waals surface area contributed by atoms with Gasteiger partial charge in [0.25, 0.3) is 11.2 Å². The molecule has 2 rings (SSSR count). The topological polar surface area (TPSA) is 98.0 Å². The van der Waals surface area contributed by atoms with E-state index in [-0.39, 0.29) is 11.4 Å². The van der Waals surface area contributed by atoms with Gasteiger partial charge in [-0.1, -0.05) is 17.7 Å². The molecule has 0 amide bonds. The van der Waals surface area contributed by atoms with Crippen LogP contribution in [0.25, 0.3) is 5.69 Å². The Balaban J connectivity index is 2.77. The molecule has 0 spiro atoms. The van der Waals surface area contributed by atoms with E-state index in [4.69, 9.17) is 11.6 Å². The van der Waals surface area contributed by atoms with E-state index in [0.29, 0.717) is 4.57 Å². The van der Waals surface area contributed by atoms with E-state index < -0.39 is 27.1 Å². The highest BCUT2D eigenvalue weighted by Crippen LogP contribution is 2.15. The Morgan fingerprint density at radius 1 is 1.37 bits per heavy atom. The summed E-state index contributed by atoms with van der Waals surface area (Å²) >= 11 is 5.31. The van der Waals surface area contributed by atoms with Crippen LogP contribution in [-0.4, -0.2) is 14.5 Å². The van der Waals surface area contributed by atoms with Crippen molar-refractivity contribution in [2.45, 2.75) is 0 Å². The van der Waals surface area contributed by atoms with E-state index in [9.17, 15) is 24.1 Å². The summed E-state index contributed by atoms with van der Waals surface area (Å²) in [6, 6.07) is 4.68. The van der Waals surface area contributed by atoms with Crippen molar-refractivity contribution in [1.82, 2.24) is 9.55 Å². The second kappa shape index (κ2) is 4.65. The zero-order valence-electron chi connectivity index (χ0n) is 9.09. The quantitative estimate of drug-likeness (QED) is 0.509. The van der Waals surface area contributed by atoms with Gasteiger partial charge in [0, 0.05) is 12.1 Å². The zero-order valence-corrected chi connectivity index (χ0v) is 9.85. The Morgan fingerprint density at radius 2 is 2.05 bits per heavy atom. The lowest BCUT2D eigenvalue weighted by atomic mass is 10.3. The van der Waals surface area contributed by atoms with Crippen molar-refractivity contribution in [3.05, 3.63) is 66.2 Å². The SMILES string of the molecule is O=c1[nH]c(Cl)c(F)c(=O)n1-c1cccc([N+](=O)[O-])c1. The monoisotopic (exact) mass is 285 g/mol. The highest BCUT2D eigenvalue weighted by atomic mass is 35.5. The predicted molar refractivity (Wildman–Crippen MR) is 64.3 cm³/mol. The summed E-state index contributed by atoms with van der Waals surface area (Å²) < 4.78 is 13.8. The number of aromatic nitrogens is 2. The molecule has 0 saturated heterocycles. The average Bonchev–Trinajstić information content (AvgIpc) is 2.36. The second-order valence-electron chi connectivity index (χ2n) is 3.48. The molecule has 0 fully saturated rings. The molecular formula is C10H5ClFN3O4. The molecule has 0 bridgehead atoms. The molecule has 0 aliphatic carbocycles. The van der Waals surface area contributed by atoms with Gasteiger partial charge in [0.2, 0.25) is 5.82 Å². The Morgan fingerprint density at radius 3 is 2.68 bits per heavy atom. The number of aromatic amines is 1. The smallest absolute Gasteiger partial charge is 0.295 e. The van der Waals surface area contributed by atoms with E-state index >= 15 is 0 Å². The number of nitro benzene ring substituents is 1. The summed E-state index contributed by atoms with van der Waals surface area (Å²) in [6.45, 7) is 0. The first-order valence-corrected chi connectivity index (χ1v) is 5.25. The summed E-state index contributed by atoms with van der Waals surface area (Å²) in [6.07, 6.45) is 0. The van der Waals surface area contributed by atoms with Gasteiger partial charge in [0.05, 0.1) is 10.6 Å². The lowest BCUT2D eigenvalue weighted by Crippen LogP contribution is -2.35. The molecule has 0 saturated carbocycles. The van der Waals surface area contributed by atoms with Crippen LogP contribution >= 0.6 is 11.6 Å². The normalized spacial score (nSPS) is 10.4. The van der Waals surface area contributed by atoms with Crippen molar-refractivity contribution < 1.29 is 9.31 Å². The third kappa shape index (κ3) is 2.25. The van der Waals surface area contributed by atoms with Gasteiger partial charge in [0.1, 0.15) is 0 Å². The molecule has 1 N–H and O–H groups in total. The summed E-state index contributed by atoms with van der Waals surface area (Å²) in [7, 11) is 0. The molecule has 98 valence electrons. The summed E-state index contributed by atoms with van der Waals surface area (Å²) in [5.41, 5.74) is -2.73. The Bertz CT molecular complexity index is 783. The van der Waals surface area contributed by atoms with Gasteiger partial charge >= 0.3 is 5.69 Å². The van der Waals surface area contributed by atoms with Crippen LogP contribution in [0.3, 0.4) is 0 Å². The van der Waals surface area contributed by atoms with Crippen LogP contribution in [0.15, 0.2) is 33.9 Å². The van der Waals surface area contributed by atoms with Crippen molar-refractivity contribution >= 4 is 17.3 Å². The van der Waals surface area contributed by atoms with Crippen molar-refractivity contribution in [3.63, 3.8) is 0 Å². The summed E-state index contributed by atoms with van der Waals surface area (Å²) in [4.78, 5) is 35.0. The maximum Gasteiger partial charge on any atom is 0.334 e.